The van der Waals surface area contributed by atoms with Crippen molar-refractivity contribution in [3.63, 3.8) is 0 Å². The van der Waals surface area contributed by atoms with Gasteiger partial charge in [-0.25, -0.2) is 5.43 Å². The summed E-state index contributed by atoms with van der Waals surface area (Å²) in [5.74, 6) is 0.395. The molecule has 1 amide bonds. The van der Waals surface area contributed by atoms with Gasteiger partial charge < -0.3 is 9.47 Å². The van der Waals surface area contributed by atoms with Crippen LogP contribution in [-0.4, -0.2) is 26.3 Å². The van der Waals surface area contributed by atoms with Crippen LogP contribution in [-0.2, 0) is 0 Å². The van der Waals surface area contributed by atoms with Crippen molar-refractivity contribution in [1.29, 1.82) is 0 Å². The minimum absolute atomic E-state index is 0.228. The molecule has 0 aliphatic heterocycles. The molecule has 8 heteroatoms. The zero-order chi connectivity index (χ0) is 17.7. The first-order valence-electron chi connectivity index (χ1n) is 6.66. The van der Waals surface area contributed by atoms with Gasteiger partial charge in [0.1, 0.15) is 0 Å². The molecule has 1 N–H and O–H groups in total. The third-order valence-corrected chi connectivity index (χ3v) is 3.85. The topological polar surface area (TPSA) is 59.9 Å². The van der Waals surface area contributed by atoms with Gasteiger partial charge in [0.25, 0.3) is 5.91 Å². The molecule has 24 heavy (non-hydrogen) atoms. The van der Waals surface area contributed by atoms with Gasteiger partial charge in [-0.15, -0.1) is 0 Å². The lowest BCUT2D eigenvalue weighted by molar-refractivity contribution is 0.0955. The van der Waals surface area contributed by atoms with Gasteiger partial charge in [0.15, 0.2) is 11.5 Å². The minimum atomic E-state index is -0.481. The molecular formula is C16H13Cl3N2O3. The highest BCUT2D eigenvalue weighted by Crippen LogP contribution is 2.35. The maximum absolute atomic E-state index is 12.1. The number of hydrogen-bond donors (Lipinski definition) is 1. The number of methoxy groups -OCH3 is 2. The highest BCUT2D eigenvalue weighted by atomic mass is 35.5. The van der Waals surface area contributed by atoms with Gasteiger partial charge in [-0.3, -0.25) is 4.79 Å². The zero-order valence-corrected chi connectivity index (χ0v) is 15.0. The largest absolute Gasteiger partial charge is 0.493 e. The van der Waals surface area contributed by atoms with Crippen molar-refractivity contribution < 1.29 is 14.3 Å². The van der Waals surface area contributed by atoms with Gasteiger partial charge in [0.05, 0.1) is 36.0 Å². The number of rotatable bonds is 5. The Morgan fingerprint density at radius 3 is 2.50 bits per heavy atom. The molecule has 2 rings (SSSR count). The molecule has 126 valence electrons. The molecule has 2 aromatic carbocycles. The average Bonchev–Trinajstić information content (AvgIpc) is 2.56. The van der Waals surface area contributed by atoms with Crippen LogP contribution in [0.3, 0.4) is 0 Å². The van der Waals surface area contributed by atoms with E-state index < -0.39 is 5.91 Å². The zero-order valence-electron chi connectivity index (χ0n) is 12.8. The third kappa shape index (κ3) is 4.32. The van der Waals surface area contributed by atoms with Gasteiger partial charge in [0.2, 0.25) is 0 Å². The summed E-state index contributed by atoms with van der Waals surface area (Å²) >= 11 is 17.9. The smallest absolute Gasteiger partial charge is 0.272 e. The van der Waals surface area contributed by atoms with Crippen molar-refractivity contribution in [1.82, 2.24) is 5.43 Å². The molecule has 0 bridgehead atoms. The molecule has 0 heterocycles. The van der Waals surface area contributed by atoms with Crippen LogP contribution in [0.2, 0.25) is 15.1 Å². The summed E-state index contributed by atoms with van der Waals surface area (Å²) in [6.45, 7) is 0. The van der Waals surface area contributed by atoms with E-state index in [2.05, 4.69) is 10.5 Å². The van der Waals surface area contributed by atoms with Gasteiger partial charge in [-0.1, -0.05) is 34.8 Å². The van der Waals surface area contributed by atoms with Crippen molar-refractivity contribution in [3.8, 4) is 11.5 Å². The summed E-state index contributed by atoms with van der Waals surface area (Å²) in [5, 5.41) is 4.92. The molecule has 5 nitrogen and oxygen atoms in total. The number of hydrazone groups is 1. The third-order valence-electron chi connectivity index (χ3n) is 3.01. The van der Waals surface area contributed by atoms with Crippen molar-refractivity contribution in [2.75, 3.05) is 14.2 Å². The van der Waals surface area contributed by atoms with Gasteiger partial charge >= 0.3 is 0 Å². The van der Waals surface area contributed by atoms with Gasteiger partial charge in [-0.05, 0) is 35.9 Å². The number of carbonyl (C=O) groups is 1. The molecule has 0 fully saturated rings. The first-order chi connectivity index (χ1) is 11.5. The standard InChI is InChI=1S/C16H13Cl3N2O3/c1-23-14-6-9(5-13(19)15(14)24-2)8-20-21-16(22)11-7-10(17)3-4-12(11)18/h3-8H,1-2H3,(H,21,22)/b20-8-. The Morgan fingerprint density at radius 1 is 1.08 bits per heavy atom. The van der Waals surface area contributed by atoms with E-state index in [4.69, 9.17) is 44.3 Å². The first kappa shape index (κ1) is 18.4. The maximum atomic E-state index is 12.1. The van der Waals surface area contributed by atoms with E-state index in [0.29, 0.717) is 27.1 Å². The van der Waals surface area contributed by atoms with E-state index in [9.17, 15) is 4.79 Å². The second-order valence-corrected chi connectivity index (χ2v) is 5.81. The lowest BCUT2D eigenvalue weighted by Gasteiger charge is -2.10. The summed E-state index contributed by atoms with van der Waals surface area (Å²) in [6.07, 6.45) is 1.42. The Kier molecular flexibility index (Phi) is 6.31. The highest BCUT2D eigenvalue weighted by Gasteiger charge is 2.11. The molecular weight excluding hydrogens is 375 g/mol. The molecule has 0 aromatic heterocycles. The van der Waals surface area contributed by atoms with E-state index in [1.54, 1.807) is 18.2 Å². The minimum Gasteiger partial charge on any atom is -0.493 e. The molecule has 0 spiro atoms. The predicted octanol–water partition coefficient (Wildman–Crippen LogP) is 4.43. The van der Waals surface area contributed by atoms with Crippen LogP contribution in [0.25, 0.3) is 0 Å². The van der Waals surface area contributed by atoms with Crippen molar-refractivity contribution in [2.45, 2.75) is 0 Å². The Bertz CT molecular complexity index is 794. The van der Waals surface area contributed by atoms with Crippen LogP contribution in [0.15, 0.2) is 35.4 Å². The van der Waals surface area contributed by atoms with Crippen LogP contribution in [0.4, 0.5) is 0 Å². The molecule has 0 saturated carbocycles. The number of carbonyl (C=O) groups excluding carboxylic acids is 1. The van der Waals surface area contributed by atoms with Gasteiger partial charge in [-0.2, -0.15) is 5.10 Å². The highest BCUT2D eigenvalue weighted by molar-refractivity contribution is 6.35. The summed E-state index contributed by atoms with van der Waals surface area (Å²) in [4.78, 5) is 12.1. The number of nitrogens with one attached hydrogen (secondary N) is 1. The SMILES string of the molecule is COc1cc(/C=N\NC(=O)c2cc(Cl)ccc2Cl)cc(Cl)c1OC. The number of hydrogen-bond acceptors (Lipinski definition) is 4. The normalized spacial score (nSPS) is 10.7. The Hall–Kier alpha value is -1.95. The second kappa shape index (κ2) is 8.24. The lowest BCUT2D eigenvalue weighted by atomic mass is 10.2. The fourth-order valence-electron chi connectivity index (χ4n) is 1.91. The Balaban J connectivity index is 2.15. The summed E-state index contributed by atoms with van der Waals surface area (Å²) in [6, 6.07) is 7.89. The van der Waals surface area contributed by atoms with Crippen LogP contribution >= 0.6 is 34.8 Å². The molecule has 0 atom stereocenters. The fourth-order valence-corrected chi connectivity index (χ4v) is 2.58. The van der Waals surface area contributed by atoms with Crippen LogP contribution < -0.4 is 14.9 Å². The van der Waals surface area contributed by atoms with Gasteiger partial charge in [0, 0.05) is 5.02 Å². The van der Waals surface area contributed by atoms with Crippen molar-refractivity contribution in [3.05, 3.63) is 56.5 Å². The molecule has 0 aliphatic rings. The van der Waals surface area contributed by atoms with Crippen LogP contribution in [0, 0.1) is 0 Å². The van der Waals surface area contributed by atoms with Crippen molar-refractivity contribution in [2.24, 2.45) is 5.10 Å². The second-order valence-electron chi connectivity index (χ2n) is 4.56. The average molecular weight is 388 g/mol. The van der Waals surface area contributed by atoms with E-state index >= 15 is 0 Å². The monoisotopic (exact) mass is 386 g/mol. The molecule has 0 radical (unpaired) electrons. The van der Waals surface area contributed by atoms with E-state index in [0.717, 1.165) is 0 Å². The Morgan fingerprint density at radius 2 is 1.83 bits per heavy atom. The van der Waals surface area contributed by atoms with Crippen molar-refractivity contribution >= 4 is 46.9 Å². The number of benzene rings is 2. The quantitative estimate of drug-likeness (QED) is 0.610. The molecule has 0 saturated heterocycles. The number of ether oxygens (including phenoxy) is 2. The fraction of sp³-hybridized carbons (Fsp3) is 0.125. The molecule has 2 aromatic rings. The van der Waals surface area contributed by atoms with Crippen LogP contribution in [0.5, 0.6) is 11.5 Å². The number of amides is 1. The predicted molar refractivity (Wildman–Crippen MR) is 96.1 cm³/mol. The molecule has 0 aliphatic carbocycles. The summed E-state index contributed by atoms with van der Waals surface area (Å²) < 4.78 is 10.3. The van der Waals surface area contributed by atoms with E-state index in [-0.39, 0.29) is 10.6 Å². The number of nitrogens with zero attached hydrogens (tertiary/aromatic N) is 1. The van der Waals surface area contributed by atoms with Crippen LogP contribution in [0.1, 0.15) is 15.9 Å². The molecule has 0 unspecified atom stereocenters. The van der Waals surface area contributed by atoms with E-state index in [1.807, 2.05) is 0 Å². The summed E-state index contributed by atoms with van der Waals surface area (Å²) in [5.41, 5.74) is 3.22. The first-order valence-corrected chi connectivity index (χ1v) is 7.79. The number of halogens is 3. The summed E-state index contributed by atoms with van der Waals surface area (Å²) in [7, 11) is 2.99. The maximum Gasteiger partial charge on any atom is 0.272 e. The lowest BCUT2D eigenvalue weighted by Crippen LogP contribution is -2.18. The van der Waals surface area contributed by atoms with E-state index in [1.165, 1.54) is 32.6 Å². The Labute approximate surface area is 154 Å².